The zero-order valence-corrected chi connectivity index (χ0v) is 7.52. The largest absolute Gasteiger partial charge is 0.496 e. The van der Waals surface area contributed by atoms with E-state index in [4.69, 9.17) is 14.7 Å². The van der Waals surface area contributed by atoms with Crippen LogP contribution in [0.5, 0.6) is 11.5 Å². The van der Waals surface area contributed by atoms with E-state index in [9.17, 15) is 0 Å². The van der Waals surface area contributed by atoms with Crippen molar-refractivity contribution in [3.8, 4) is 11.5 Å². The van der Waals surface area contributed by atoms with Crippen LogP contribution < -0.4 is 9.47 Å². The van der Waals surface area contributed by atoms with Crippen LogP contribution in [0, 0.1) is 0 Å². The topological polar surface area (TPSA) is 51.0 Å². The molecule has 1 aromatic rings. The molecule has 1 rings (SSSR count). The second kappa shape index (κ2) is 4.35. The molecule has 0 saturated carbocycles. The highest BCUT2D eigenvalue weighted by molar-refractivity contribution is 5.86. The minimum absolute atomic E-state index is 0.608. The zero-order chi connectivity index (χ0) is 9.68. The molecule has 0 spiro atoms. The van der Waals surface area contributed by atoms with Gasteiger partial charge in [0, 0.05) is 0 Å². The van der Waals surface area contributed by atoms with E-state index in [1.807, 2.05) is 0 Å². The molecule has 4 heteroatoms. The predicted molar refractivity (Wildman–Crippen MR) is 48.9 cm³/mol. The van der Waals surface area contributed by atoms with Gasteiger partial charge in [0.15, 0.2) is 0 Å². The Morgan fingerprint density at radius 3 is 2.15 bits per heavy atom. The van der Waals surface area contributed by atoms with Gasteiger partial charge in [-0.15, -0.1) is 0 Å². The van der Waals surface area contributed by atoms with E-state index in [0.29, 0.717) is 17.1 Å². The normalized spacial score (nSPS) is 10.3. The zero-order valence-electron chi connectivity index (χ0n) is 7.52. The van der Waals surface area contributed by atoms with E-state index < -0.39 is 0 Å². The fourth-order valence-corrected chi connectivity index (χ4v) is 1.06. The Kier molecular flexibility index (Phi) is 3.14. The van der Waals surface area contributed by atoms with Gasteiger partial charge < -0.3 is 14.7 Å². The lowest BCUT2D eigenvalue weighted by Gasteiger charge is -2.07. The third kappa shape index (κ3) is 1.90. The number of benzene rings is 1. The SMILES string of the molecule is COc1cccc(OC)c1/C=N\O. The first-order valence-electron chi connectivity index (χ1n) is 3.72. The quantitative estimate of drug-likeness (QED) is 0.437. The smallest absolute Gasteiger partial charge is 0.131 e. The molecule has 0 saturated heterocycles. The van der Waals surface area contributed by atoms with Crippen molar-refractivity contribution in [3.63, 3.8) is 0 Å². The van der Waals surface area contributed by atoms with Crippen LogP contribution in [0.2, 0.25) is 0 Å². The maximum absolute atomic E-state index is 8.42. The summed E-state index contributed by atoms with van der Waals surface area (Å²) in [6.45, 7) is 0. The molecule has 0 aliphatic heterocycles. The first-order chi connectivity index (χ1) is 6.33. The van der Waals surface area contributed by atoms with Crippen molar-refractivity contribution >= 4 is 6.21 Å². The molecule has 0 unspecified atom stereocenters. The lowest BCUT2D eigenvalue weighted by Crippen LogP contribution is -1.95. The summed E-state index contributed by atoms with van der Waals surface area (Å²) in [5, 5.41) is 11.4. The van der Waals surface area contributed by atoms with Gasteiger partial charge in [-0.1, -0.05) is 11.2 Å². The van der Waals surface area contributed by atoms with Gasteiger partial charge in [-0.2, -0.15) is 0 Å². The molecular formula is C9H11NO3. The van der Waals surface area contributed by atoms with Crippen molar-refractivity contribution in [1.82, 2.24) is 0 Å². The molecule has 0 heterocycles. The summed E-state index contributed by atoms with van der Waals surface area (Å²) in [5.74, 6) is 1.22. The maximum atomic E-state index is 8.42. The van der Waals surface area contributed by atoms with Crippen LogP contribution in [0.3, 0.4) is 0 Å². The van der Waals surface area contributed by atoms with Gasteiger partial charge in [0.05, 0.1) is 26.0 Å². The first-order valence-corrected chi connectivity index (χ1v) is 3.72. The van der Waals surface area contributed by atoms with Crippen LogP contribution >= 0.6 is 0 Å². The molecule has 4 nitrogen and oxygen atoms in total. The number of hydrogen-bond acceptors (Lipinski definition) is 4. The van der Waals surface area contributed by atoms with Crippen LogP contribution in [-0.2, 0) is 0 Å². The monoisotopic (exact) mass is 181 g/mol. The molecule has 0 fully saturated rings. The third-order valence-corrected chi connectivity index (χ3v) is 1.65. The Morgan fingerprint density at radius 1 is 1.23 bits per heavy atom. The molecule has 0 atom stereocenters. The van der Waals surface area contributed by atoms with Crippen LogP contribution in [-0.4, -0.2) is 25.6 Å². The standard InChI is InChI=1S/C9H11NO3/c1-12-8-4-3-5-9(13-2)7(8)6-10-11/h3-6,11H,1-2H3/b10-6-. The second-order valence-corrected chi connectivity index (χ2v) is 2.32. The van der Waals surface area contributed by atoms with E-state index in [-0.39, 0.29) is 0 Å². The first kappa shape index (κ1) is 9.38. The number of oxime groups is 1. The van der Waals surface area contributed by atoms with Crippen molar-refractivity contribution in [2.45, 2.75) is 0 Å². The van der Waals surface area contributed by atoms with Gasteiger partial charge >= 0.3 is 0 Å². The van der Waals surface area contributed by atoms with E-state index in [1.54, 1.807) is 32.4 Å². The Balaban J connectivity index is 3.21. The minimum Gasteiger partial charge on any atom is -0.496 e. The van der Waals surface area contributed by atoms with Gasteiger partial charge in [0.2, 0.25) is 0 Å². The Bertz CT molecular complexity index is 287. The van der Waals surface area contributed by atoms with Crippen molar-refractivity contribution < 1.29 is 14.7 Å². The number of ether oxygens (including phenoxy) is 2. The van der Waals surface area contributed by atoms with E-state index in [0.717, 1.165) is 0 Å². The van der Waals surface area contributed by atoms with Crippen LogP contribution in [0.4, 0.5) is 0 Å². The van der Waals surface area contributed by atoms with E-state index in [1.165, 1.54) is 6.21 Å². The number of nitrogens with zero attached hydrogens (tertiary/aromatic N) is 1. The molecule has 0 aliphatic carbocycles. The Morgan fingerprint density at radius 2 is 1.77 bits per heavy atom. The van der Waals surface area contributed by atoms with E-state index >= 15 is 0 Å². The summed E-state index contributed by atoms with van der Waals surface area (Å²) < 4.78 is 10.1. The number of rotatable bonds is 3. The molecule has 1 aromatic carbocycles. The molecule has 0 aromatic heterocycles. The van der Waals surface area contributed by atoms with Crippen LogP contribution in [0.25, 0.3) is 0 Å². The second-order valence-electron chi connectivity index (χ2n) is 2.32. The predicted octanol–water partition coefficient (Wildman–Crippen LogP) is 1.51. The van der Waals surface area contributed by atoms with Crippen molar-refractivity contribution in [2.75, 3.05) is 14.2 Å². The molecule has 1 N–H and O–H groups in total. The summed E-state index contributed by atoms with van der Waals surface area (Å²) in [7, 11) is 3.09. The Labute approximate surface area is 76.4 Å². The highest BCUT2D eigenvalue weighted by Gasteiger charge is 2.06. The van der Waals surface area contributed by atoms with E-state index in [2.05, 4.69) is 5.16 Å². The highest BCUT2D eigenvalue weighted by Crippen LogP contribution is 2.25. The van der Waals surface area contributed by atoms with Gasteiger partial charge in [-0.3, -0.25) is 0 Å². The fourth-order valence-electron chi connectivity index (χ4n) is 1.06. The summed E-state index contributed by atoms with van der Waals surface area (Å²) in [6.07, 6.45) is 1.28. The van der Waals surface area contributed by atoms with Gasteiger partial charge in [0.1, 0.15) is 11.5 Å². The van der Waals surface area contributed by atoms with Crippen molar-refractivity contribution in [2.24, 2.45) is 5.16 Å². The maximum Gasteiger partial charge on any atom is 0.131 e. The summed E-state index contributed by atoms with van der Waals surface area (Å²) in [6, 6.07) is 5.32. The lowest BCUT2D eigenvalue weighted by atomic mass is 10.2. The average molecular weight is 181 g/mol. The minimum atomic E-state index is 0.608. The molecule has 0 amide bonds. The highest BCUT2D eigenvalue weighted by atomic mass is 16.5. The van der Waals surface area contributed by atoms with Crippen molar-refractivity contribution in [3.05, 3.63) is 23.8 Å². The van der Waals surface area contributed by atoms with Crippen LogP contribution in [0.1, 0.15) is 5.56 Å². The van der Waals surface area contributed by atoms with Crippen molar-refractivity contribution in [1.29, 1.82) is 0 Å². The molecule has 13 heavy (non-hydrogen) atoms. The van der Waals surface area contributed by atoms with Gasteiger partial charge in [0.25, 0.3) is 0 Å². The van der Waals surface area contributed by atoms with Crippen LogP contribution in [0.15, 0.2) is 23.4 Å². The summed E-state index contributed by atoms with van der Waals surface area (Å²) in [4.78, 5) is 0. The molecule has 0 radical (unpaired) electrons. The lowest BCUT2D eigenvalue weighted by molar-refractivity contribution is 0.321. The molecular weight excluding hydrogens is 170 g/mol. The third-order valence-electron chi connectivity index (χ3n) is 1.65. The number of methoxy groups -OCH3 is 2. The Hall–Kier alpha value is -1.71. The molecule has 0 bridgehead atoms. The summed E-state index contributed by atoms with van der Waals surface area (Å²) in [5.41, 5.74) is 0.620. The fraction of sp³-hybridized carbons (Fsp3) is 0.222. The summed E-state index contributed by atoms with van der Waals surface area (Å²) >= 11 is 0. The van der Waals surface area contributed by atoms with Gasteiger partial charge in [-0.25, -0.2) is 0 Å². The molecule has 0 aliphatic rings. The van der Waals surface area contributed by atoms with Gasteiger partial charge in [-0.05, 0) is 12.1 Å². The molecule has 70 valence electrons. The number of hydrogen-bond donors (Lipinski definition) is 1. The average Bonchev–Trinajstić information content (AvgIpc) is 2.18.